The Morgan fingerprint density at radius 2 is 2.23 bits per heavy atom. The molecular weight excluding hydrogens is 172 g/mol. The molecule has 1 aliphatic heterocycles. The van der Waals surface area contributed by atoms with E-state index in [9.17, 15) is 9.59 Å². The highest BCUT2D eigenvalue weighted by Crippen LogP contribution is 2.24. The number of rotatable bonds is 2. The molecule has 2 atom stereocenters. The lowest BCUT2D eigenvalue weighted by Crippen LogP contribution is -2.50. The fourth-order valence-electron chi connectivity index (χ4n) is 1.08. The Labute approximate surface area is 76.5 Å². The zero-order chi connectivity index (χ0) is 10.1. The van der Waals surface area contributed by atoms with Gasteiger partial charge in [0.2, 0.25) is 5.60 Å². The highest BCUT2D eigenvalue weighted by molar-refractivity contribution is 5.90. The van der Waals surface area contributed by atoms with Gasteiger partial charge < -0.3 is 9.47 Å². The van der Waals surface area contributed by atoms with Crippen LogP contribution in [-0.4, -0.2) is 23.6 Å². The summed E-state index contributed by atoms with van der Waals surface area (Å²) in [5, 5.41) is 0. The molecule has 0 bridgehead atoms. The van der Waals surface area contributed by atoms with Crippen molar-refractivity contribution in [2.24, 2.45) is 0 Å². The van der Waals surface area contributed by atoms with Crippen LogP contribution in [0.3, 0.4) is 0 Å². The maximum atomic E-state index is 11.3. The van der Waals surface area contributed by atoms with E-state index in [1.54, 1.807) is 0 Å². The number of hydrogen-bond donors (Lipinski definition) is 0. The fourth-order valence-corrected chi connectivity index (χ4v) is 1.08. The lowest BCUT2D eigenvalue weighted by atomic mass is 10.0. The fraction of sp³-hybridized carbons (Fsp3) is 0.556. The molecule has 1 heterocycles. The van der Waals surface area contributed by atoms with Gasteiger partial charge in [0, 0.05) is 6.42 Å². The smallest absolute Gasteiger partial charge is 0.351 e. The van der Waals surface area contributed by atoms with Crippen molar-refractivity contribution in [1.82, 2.24) is 0 Å². The monoisotopic (exact) mass is 184 g/mol. The third-order valence-electron chi connectivity index (χ3n) is 1.91. The van der Waals surface area contributed by atoms with E-state index in [4.69, 9.17) is 9.47 Å². The number of esters is 2. The van der Waals surface area contributed by atoms with E-state index in [-0.39, 0.29) is 6.42 Å². The second-order valence-electron chi connectivity index (χ2n) is 3.19. The maximum absolute atomic E-state index is 11.3. The van der Waals surface area contributed by atoms with Crippen LogP contribution in [0, 0.1) is 0 Å². The number of cyclic esters (lactones) is 2. The van der Waals surface area contributed by atoms with Gasteiger partial charge in [-0.05, 0) is 13.8 Å². The first kappa shape index (κ1) is 9.77. The molecule has 1 saturated heterocycles. The van der Waals surface area contributed by atoms with Crippen molar-refractivity contribution in [3.63, 3.8) is 0 Å². The van der Waals surface area contributed by atoms with Crippen LogP contribution in [0.5, 0.6) is 0 Å². The average molecular weight is 184 g/mol. The van der Waals surface area contributed by atoms with Crippen molar-refractivity contribution in [1.29, 1.82) is 0 Å². The predicted molar refractivity (Wildman–Crippen MR) is 44.9 cm³/mol. The Morgan fingerprint density at radius 1 is 1.62 bits per heavy atom. The Bertz CT molecular complexity index is 258. The van der Waals surface area contributed by atoms with Gasteiger partial charge in [0.25, 0.3) is 0 Å². The first-order valence-electron chi connectivity index (χ1n) is 4.04. The summed E-state index contributed by atoms with van der Waals surface area (Å²) in [6, 6.07) is 0. The van der Waals surface area contributed by atoms with Crippen molar-refractivity contribution >= 4 is 11.9 Å². The zero-order valence-corrected chi connectivity index (χ0v) is 7.70. The summed E-state index contributed by atoms with van der Waals surface area (Å²) < 4.78 is 9.76. The largest absolute Gasteiger partial charge is 0.448 e. The van der Waals surface area contributed by atoms with Crippen LogP contribution in [-0.2, 0) is 19.1 Å². The molecule has 0 aromatic heterocycles. The number of carbonyl (C=O) groups excluding carboxylic acids is 2. The van der Waals surface area contributed by atoms with Gasteiger partial charge >= 0.3 is 11.9 Å². The molecule has 0 N–H and O–H groups in total. The summed E-state index contributed by atoms with van der Waals surface area (Å²) in [7, 11) is 0. The molecule has 0 aliphatic carbocycles. The predicted octanol–water partition coefficient (Wildman–Crippen LogP) is 0.810. The molecule has 0 radical (unpaired) electrons. The molecule has 4 nitrogen and oxygen atoms in total. The minimum atomic E-state index is -1.19. The summed E-state index contributed by atoms with van der Waals surface area (Å²) in [5.41, 5.74) is -1.19. The van der Waals surface area contributed by atoms with Crippen LogP contribution >= 0.6 is 0 Å². The number of hydrogen-bond acceptors (Lipinski definition) is 4. The molecule has 0 spiro atoms. The molecule has 0 aromatic rings. The van der Waals surface area contributed by atoms with Crippen LogP contribution in [0.4, 0.5) is 0 Å². The topological polar surface area (TPSA) is 52.6 Å². The molecule has 72 valence electrons. The quantitative estimate of drug-likeness (QED) is 0.470. The van der Waals surface area contributed by atoms with Crippen LogP contribution in [0.25, 0.3) is 0 Å². The summed E-state index contributed by atoms with van der Waals surface area (Å²) in [6.45, 7) is 6.47. The standard InChI is InChI=1S/C9H12O4/c1-4-5-9(3)8(11)12-6(2)7(10)13-9/h4,6H,1,5H2,2-3H3. The highest BCUT2D eigenvalue weighted by atomic mass is 16.7. The van der Waals surface area contributed by atoms with E-state index >= 15 is 0 Å². The lowest BCUT2D eigenvalue weighted by Gasteiger charge is -2.32. The first-order chi connectivity index (χ1) is 5.99. The van der Waals surface area contributed by atoms with Crippen molar-refractivity contribution in [3.8, 4) is 0 Å². The Morgan fingerprint density at radius 3 is 2.77 bits per heavy atom. The molecule has 1 rings (SSSR count). The van der Waals surface area contributed by atoms with Gasteiger partial charge in [-0.1, -0.05) is 6.08 Å². The van der Waals surface area contributed by atoms with Gasteiger partial charge in [-0.15, -0.1) is 6.58 Å². The van der Waals surface area contributed by atoms with Crippen molar-refractivity contribution in [2.75, 3.05) is 0 Å². The third kappa shape index (κ3) is 1.71. The molecule has 1 aliphatic rings. The second-order valence-corrected chi connectivity index (χ2v) is 3.19. The summed E-state index contributed by atoms with van der Waals surface area (Å²) in [6.07, 6.45) is 0.986. The van der Waals surface area contributed by atoms with E-state index in [1.165, 1.54) is 19.9 Å². The van der Waals surface area contributed by atoms with Gasteiger partial charge in [0.1, 0.15) is 0 Å². The van der Waals surface area contributed by atoms with E-state index in [0.29, 0.717) is 0 Å². The Hall–Kier alpha value is -1.32. The highest BCUT2D eigenvalue weighted by Gasteiger charge is 2.45. The minimum Gasteiger partial charge on any atom is -0.448 e. The normalized spacial score (nSPS) is 33.5. The first-order valence-corrected chi connectivity index (χ1v) is 4.04. The number of ether oxygens (including phenoxy) is 2. The molecule has 0 saturated carbocycles. The van der Waals surface area contributed by atoms with Gasteiger partial charge in [-0.25, -0.2) is 9.59 Å². The average Bonchev–Trinajstić information content (AvgIpc) is 2.02. The third-order valence-corrected chi connectivity index (χ3v) is 1.91. The van der Waals surface area contributed by atoms with Gasteiger partial charge in [-0.2, -0.15) is 0 Å². The lowest BCUT2D eigenvalue weighted by molar-refractivity contribution is -0.206. The molecular formula is C9H12O4. The Balaban J connectivity index is 2.82. The van der Waals surface area contributed by atoms with E-state index in [1.807, 2.05) is 0 Å². The van der Waals surface area contributed by atoms with E-state index < -0.39 is 23.6 Å². The zero-order valence-electron chi connectivity index (χ0n) is 7.70. The van der Waals surface area contributed by atoms with Gasteiger partial charge in [-0.3, -0.25) is 0 Å². The van der Waals surface area contributed by atoms with Crippen molar-refractivity contribution in [2.45, 2.75) is 32.0 Å². The van der Waals surface area contributed by atoms with Gasteiger partial charge in [0.05, 0.1) is 0 Å². The van der Waals surface area contributed by atoms with Crippen molar-refractivity contribution in [3.05, 3.63) is 12.7 Å². The van der Waals surface area contributed by atoms with Crippen LogP contribution in [0.1, 0.15) is 20.3 Å². The molecule has 0 aromatic carbocycles. The maximum Gasteiger partial charge on any atom is 0.351 e. The molecule has 13 heavy (non-hydrogen) atoms. The minimum absolute atomic E-state index is 0.268. The molecule has 1 fully saturated rings. The molecule has 2 unspecified atom stereocenters. The van der Waals surface area contributed by atoms with Crippen molar-refractivity contribution < 1.29 is 19.1 Å². The summed E-state index contributed by atoms with van der Waals surface area (Å²) >= 11 is 0. The summed E-state index contributed by atoms with van der Waals surface area (Å²) in [5.74, 6) is -1.02. The number of carbonyl (C=O) groups is 2. The van der Waals surface area contributed by atoms with Crippen LogP contribution in [0.15, 0.2) is 12.7 Å². The van der Waals surface area contributed by atoms with E-state index in [0.717, 1.165) is 0 Å². The molecule has 0 amide bonds. The van der Waals surface area contributed by atoms with Crippen LogP contribution < -0.4 is 0 Å². The Kier molecular flexibility index (Phi) is 2.40. The summed E-state index contributed by atoms with van der Waals surface area (Å²) in [4.78, 5) is 22.4. The molecule has 4 heteroatoms. The SMILES string of the molecule is C=CCC1(C)OC(=O)C(C)OC1=O. The second kappa shape index (κ2) is 3.20. The van der Waals surface area contributed by atoms with E-state index in [2.05, 4.69) is 6.58 Å². The van der Waals surface area contributed by atoms with Gasteiger partial charge in [0.15, 0.2) is 6.10 Å². The van der Waals surface area contributed by atoms with Crippen LogP contribution in [0.2, 0.25) is 0 Å².